The maximum absolute atomic E-state index is 12.4. The van der Waals surface area contributed by atoms with Crippen molar-refractivity contribution in [2.75, 3.05) is 5.32 Å². The fraction of sp³-hybridized carbons (Fsp3) is 0.278. The summed E-state index contributed by atoms with van der Waals surface area (Å²) in [6, 6.07) is 9.15. The molecule has 1 heterocycles. The average molecular weight is 327 g/mol. The smallest absolute Gasteiger partial charge is 0.328 e. The number of carbonyl (C=O) groups excluding carboxylic acids is 1. The number of anilines is 1. The maximum Gasteiger partial charge on any atom is 0.328 e. The van der Waals surface area contributed by atoms with Gasteiger partial charge >= 0.3 is 5.97 Å². The molecule has 1 aromatic heterocycles. The van der Waals surface area contributed by atoms with Crippen LogP contribution in [0.4, 0.5) is 5.69 Å². The average Bonchev–Trinajstić information content (AvgIpc) is 2.54. The first kappa shape index (κ1) is 17.5. The Morgan fingerprint density at radius 1 is 1.21 bits per heavy atom. The minimum absolute atomic E-state index is 0.412. The van der Waals surface area contributed by atoms with Crippen LogP contribution in [0, 0.1) is 6.92 Å². The number of carbonyl (C=O) groups is 2. The topological polar surface area (TPSA) is 91.3 Å². The summed E-state index contributed by atoms with van der Waals surface area (Å²) in [5.74, 6) is -1.50. The lowest BCUT2D eigenvalue weighted by Crippen LogP contribution is -2.49. The number of nitrogens with one attached hydrogen (secondary N) is 2. The first-order valence-electron chi connectivity index (χ1n) is 7.59. The second-order valence-electron chi connectivity index (χ2n) is 6.08. The van der Waals surface area contributed by atoms with Crippen molar-refractivity contribution in [3.05, 3.63) is 59.4 Å². The third-order valence-corrected chi connectivity index (χ3v) is 3.74. The van der Waals surface area contributed by atoms with E-state index in [-0.39, 0.29) is 0 Å². The lowest BCUT2D eigenvalue weighted by atomic mass is 10.0. The van der Waals surface area contributed by atoms with Gasteiger partial charge in [-0.1, -0.05) is 12.1 Å². The number of hydrogen-bond donors (Lipinski definition) is 3. The number of benzene rings is 1. The predicted molar refractivity (Wildman–Crippen MR) is 91.9 cm³/mol. The van der Waals surface area contributed by atoms with Crippen molar-refractivity contribution in [3.63, 3.8) is 0 Å². The number of carboxylic acid groups (broad SMARTS) is 1. The first-order chi connectivity index (χ1) is 11.3. The van der Waals surface area contributed by atoms with Gasteiger partial charge in [0.2, 0.25) is 0 Å². The van der Waals surface area contributed by atoms with Crippen LogP contribution in [0.15, 0.2) is 42.7 Å². The third-order valence-electron chi connectivity index (χ3n) is 3.74. The Hall–Kier alpha value is -2.89. The van der Waals surface area contributed by atoms with Gasteiger partial charge in [-0.2, -0.15) is 0 Å². The summed E-state index contributed by atoms with van der Waals surface area (Å²) < 4.78 is 0. The van der Waals surface area contributed by atoms with Crippen LogP contribution < -0.4 is 10.6 Å². The summed E-state index contributed by atoms with van der Waals surface area (Å²) in [5, 5.41) is 14.9. The van der Waals surface area contributed by atoms with Crippen molar-refractivity contribution in [2.24, 2.45) is 0 Å². The molecule has 0 spiro atoms. The summed E-state index contributed by atoms with van der Waals surface area (Å²) in [6.45, 7) is 5.31. The molecule has 2 aromatic rings. The van der Waals surface area contributed by atoms with Crippen molar-refractivity contribution in [2.45, 2.75) is 32.9 Å². The Kier molecular flexibility index (Phi) is 5.18. The summed E-state index contributed by atoms with van der Waals surface area (Å²) in [5.41, 5.74) is 1.72. The van der Waals surface area contributed by atoms with E-state index in [1.54, 1.807) is 24.5 Å². The molecule has 0 fully saturated rings. The molecule has 3 N–H and O–H groups in total. The van der Waals surface area contributed by atoms with Crippen LogP contribution in [0.2, 0.25) is 0 Å². The number of carboxylic acids is 1. The van der Waals surface area contributed by atoms with E-state index in [0.29, 0.717) is 12.1 Å². The molecule has 0 aliphatic heterocycles. The number of aliphatic carboxylic acids is 1. The van der Waals surface area contributed by atoms with Gasteiger partial charge in [-0.25, -0.2) is 4.79 Å². The number of pyridine rings is 1. The Morgan fingerprint density at radius 3 is 2.58 bits per heavy atom. The molecule has 1 aromatic carbocycles. The van der Waals surface area contributed by atoms with E-state index in [1.807, 2.05) is 25.1 Å². The van der Waals surface area contributed by atoms with Crippen molar-refractivity contribution in [3.8, 4) is 0 Å². The van der Waals surface area contributed by atoms with Crippen LogP contribution in [0.5, 0.6) is 0 Å². The SMILES string of the molecule is Cc1c(NCc2cccnc2)cccc1C(=O)NC(C)(C)C(=O)O. The molecule has 126 valence electrons. The van der Waals surface area contributed by atoms with E-state index in [2.05, 4.69) is 15.6 Å². The Balaban J connectivity index is 2.15. The molecule has 2 rings (SSSR count). The van der Waals surface area contributed by atoms with E-state index < -0.39 is 17.4 Å². The number of rotatable bonds is 6. The van der Waals surface area contributed by atoms with Gasteiger partial charge in [0.25, 0.3) is 5.91 Å². The largest absolute Gasteiger partial charge is 0.480 e. The maximum atomic E-state index is 12.4. The third kappa shape index (κ3) is 4.10. The molecule has 24 heavy (non-hydrogen) atoms. The molecule has 6 heteroatoms. The van der Waals surface area contributed by atoms with Gasteiger partial charge in [0, 0.05) is 30.2 Å². The molecule has 6 nitrogen and oxygen atoms in total. The predicted octanol–water partition coefficient (Wildman–Crippen LogP) is 2.60. The minimum Gasteiger partial charge on any atom is -0.480 e. The summed E-state index contributed by atoms with van der Waals surface area (Å²) in [6.07, 6.45) is 3.48. The second kappa shape index (κ2) is 7.12. The van der Waals surface area contributed by atoms with Gasteiger partial charge in [0.05, 0.1) is 0 Å². The van der Waals surface area contributed by atoms with Crippen LogP contribution in [-0.2, 0) is 11.3 Å². The molecule has 0 unspecified atom stereocenters. The van der Waals surface area contributed by atoms with Crippen molar-refractivity contribution in [1.29, 1.82) is 0 Å². The van der Waals surface area contributed by atoms with Crippen molar-refractivity contribution in [1.82, 2.24) is 10.3 Å². The number of nitrogens with zero attached hydrogens (tertiary/aromatic N) is 1. The molecule has 1 amide bonds. The monoisotopic (exact) mass is 327 g/mol. The molecule has 0 radical (unpaired) electrons. The highest BCUT2D eigenvalue weighted by Crippen LogP contribution is 2.20. The van der Waals surface area contributed by atoms with Crippen molar-refractivity contribution < 1.29 is 14.7 Å². The summed E-state index contributed by atoms with van der Waals surface area (Å²) >= 11 is 0. The van der Waals surface area contributed by atoms with Gasteiger partial charge < -0.3 is 15.7 Å². The van der Waals surface area contributed by atoms with E-state index in [0.717, 1.165) is 16.8 Å². The van der Waals surface area contributed by atoms with Crippen LogP contribution in [0.25, 0.3) is 0 Å². The van der Waals surface area contributed by atoms with Crippen molar-refractivity contribution >= 4 is 17.6 Å². The fourth-order valence-corrected chi connectivity index (χ4v) is 2.18. The Labute approximate surface area is 140 Å². The molecule has 0 bridgehead atoms. The van der Waals surface area contributed by atoms with Gasteiger partial charge in [-0.05, 0) is 50.1 Å². The number of hydrogen-bond acceptors (Lipinski definition) is 4. The standard InChI is InChI=1S/C18H21N3O3/c1-12-14(16(22)21-18(2,3)17(23)24)7-4-8-15(12)20-11-13-6-5-9-19-10-13/h4-10,20H,11H2,1-3H3,(H,21,22)(H,23,24). The lowest BCUT2D eigenvalue weighted by molar-refractivity contribution is -0.143. The highest BCUT2D eigenvalue weighted by atomic mass is 16.4. The summed E-state index contributed by atoms with van der Waals surface area (Å²) in [7, 11) is 0. The highest BCUT2D eigenvalue weighted by molar-refractivity contribution is 5.99. The fourth-order valence-electron chi connectivity index (χ4n) is 2.18. The normalized spacial score (nSPS) is 11.0. The van der Waals surface area contributed by atoms with Gasteiger partial charge in [0.1, 0.15) is 5.54 Å². The van der Waals surface area contributed by atoms with Crippen LogP contribution in [-0.4, -0.2) is 27.5 Å². The molecule has 0 saturated carbocycles. The summed E-state index contributed by atoms with van der Waals surface area (Å²) in [4.78, 5) is 27.6. The second-order valence-corrected chi connectivity index (χ2v) is 6.08. The zero-order valence-electron chi connectivity index (χ0n) is 14.0. The van der Waals surface area contributed by atoms with E-state index in [4.69, 9.17) is 5.11 Å². The Bertz CT molecular complexity index is 742. The quantitative estimate of drug-likeness (QED) is 0.758. The van der Waals surface area contributed by atoms with E-state index in [9.17, 15) is 9.59 Å². The first-order valence-corrected chi connectivity index (χ1v) is 7.59. The zero-order valence-corrected chi connectivity index (χ0v) is 14.0. The van der Waals surface area contributed by atoms with Gasteiger partial charge in [-0.3, -0.25) is 9.78 Å². The molecule has 0 atom stereocenters. The van der Waals surface area contributed by atoms with Gasteiger partial charge in [-0.15, -0.1) is 0 Å². The van der Waals surface area contributed by atoms with Gasteiger partial charge in [0.15, 0.2) is 0 Å². The molecular formula is C18H21N3O3. The Morgan fingerprint density at radius 2 is 1.96 bits per heavy atom. The molecular weight excluding hydrogens is 306 g/mol. The zero-order chi connectivity index (χ0) is 17.7. The molecule has 0 aliphatic rings. The van der Waals surface area contributed by atoms with Crippen LogP contribution in [0.3, 0.4) is 0 Å². The van der Waals surface area contributed by atoms with E-state index >= 15 is 0 Å². The number of aromatic nitrogens is 1. The molecule has 0 saturated heterocycles. The molecule has 0 aliphatic carbocycles. The minimum atomic E-state index is -1.33. The lowest BCUT2D eigenvalue weighted by Gasteiger charge is -2.22. The van der Waals surface area contributed by atoms with E-state index in [1.165, 1.54) is 13.8 Å². The van der Waals surface area contributed by atoms with Crippen LogP contribution in [0.1, 0.15) is 35.3 Å². The highest BCUT2D eigenvalue weighted by Gasteiger charge is 2.29. The van der Waals surface area contributed by atoms with Crippen LogP contribution >= 0.6 is 0 Å². The number of amides is 1.